The van der Waals surface area contributed by atoms with Crippen molar-refractivity contribution in [2.24, 2.45) is 0 Å². The molecule has 5 nitrogen and oxygen atoms in total. The van der Waals surface area contributed by atoms with Gasteiger partial charge < -0.3 is 9.72 Å². The number of pyridine rings is 1. The smallest absolute Gasteiger partial charge is 0.339 e. The Balaban J connectivity index is 2.55. The van der Waals surface area contributed by atoms with Gasteiger partial charge in [0.05, 0.1) is 12.2 Å². The van der Waals surface area contributed by atoms with Crippen molar-refractivity contribution < 1.29 is 9.53 Å². The van der Waals surface area contributed by atoms with E-state index in [2.05, 4.69) is 4.98 Å². The van der Waals surface area contributed by atoms with E-state index in [9.17, 15) is 9.59 Å². The number of carbonyl (C=O) groups is 1. The monoisotopic (exact) mass is 246 g/mol. The number of carbonyl (C=O) groups excluding carboxylic acids is 1. The van der Waals surface area contributed by atoms with Crippen LogP contribution in [0.2, 0.25) is 0 Å². The quantitative estimate of drug-likeness (QED) is 0.819. The number of esters is 1. The maximum atomic E-state index is 11.8. The third-order valence-corrected chi connectivity index (χ3v) is 3.29. The van der Waals surface area contributed by atoms with Crippen LogP contribution in [-0.4, -0.2) is 17.6 Å². The van der Waals surface area contributed by atoms with Gasteiger partial charge >= 0.3 is 5.97 Å². The second-order valence-electron chi connectivity index (χ2n) is 4.69. The zero-order valence-corrected chi connectivity index (χ0v) is 10.4. The SMILES string of the molecule is CCOC(=O)c1cc(C2(C)CC2)[nH]c(=O)c1C#N. The molecule has 5 heteroatoms. The molecule has 0 amide bonds. The molecule has 1 fully saturated rings. The summed E-state index contributed by atoms with van der Waals surface area (Å²) in [5, 5.41) is 8.95. The number of aromatic amines is 1. The van der Waals surface area contributed by atoms with Gasteiger partial charge in [-0.3, -0.25) is 4.79 Å². The van der Waals surface area contributed by atoms with Crippen molar-refractivity contribution in [1.82, 2.24) is 4.98 Å². The highest BCUT2D eigenvalue weighted by Crippen LogP contribution is 2.46. The van der Waals surface area contributed by atoms with Crippen LogP contribution < -0.4 is 5.56 Å². The largest absolute Gasteiger partial charge is 0.462 e. The predicted molar refractivity (Wildman–Crippen MR) is 64.3 cm³/mol. The van der Waals surface area contributed by atoms with Gasteiger partial charge in [0.2, 0.25) is 0 Å². The molecule has 1 aromatic rings. The Morgan fingerprint density at radius 3 is 2.78 bits per heavy atom. The zero-order valence-electron chi connectivity index (χ0n) is 10.4. The molecule has 1 aromatic heterocycles. The third kappa shape index (κ3) is 2.02. The molecular weight excluding hydrogens is 232 g/mol. The summed E-state index contributed by atoms with van der Waals surface area (Å²) >= 11 is 0. The summed E-state index contributed by atoms with van der Waals surface area (Å²) in [6.07, 6.45) is 1.94. The van der Waals surface area contributed by atoms with Crippen molar-refractivity contribution in [1.29, 1.82) is 5.26 Å². The minimum absolute atomic E-state index is 0.0613. The maximum Gasteiger partial charge on any atom is 0.339 e. The van der Waals surface area contributed by atoms with Gasteiger partial charge in [0.15, 0.2) is 0 Å². The van der Waals surface area contributed by atoms with Crippen LogP contribution in [0.4, 0.5) is 0 Å². The van der Waals surface area contributed by atoms with Crippen molar-refractivity contribution >= 4 is 5.97 Å². The second-order valence-corrected chi connectivity index (χ2v) is 4.69. The lowest BCUT2D eigenvalue weighted by molar-refractivity contribution is 0.0525. The molecule has 0 aromatic carbocycles. The number of H-pyrrole nitrogens is 1. The highest BCUT2D eigenvalue weighted by molar-refractivity contribution is 5.92. The molecule has 0 aliphatic heterocycles. The maximum absolute atomic E-state index is 11.8. The fraction of sp³-hybridized carbons (Fsp3) is 0.462. The molecule has 1 aliphatic rings. The van der Waals surface area contributed by atoms with Gasteiger partial charge in [-0.25, -0.2) is 4.79 Å². The van der Waals surface area contributed by atoms with Crippen LogP contribution >= 0.6 is 0 Å². The molecule has 1 saturated carbocycles. The summed E-state index contributed by atoms with van der Waals surface area (Å²) in [4.78, 5) is 26.2. The van der Waals surface area contributed by atoms with Gasteiger partial charge in [-0.2, -0.15) is 5.26 Å². The van der Waals surface area contributed by atoms with E-state index >= 15 is 0 Å². The van der Waals surface area contributed by atoms with E-state index in [1.165, 1.54) is 0 Å². The zero-order chi connectivity index (χ0) is 13.3. The first-order valence-electron chi connectivity index (χ1n) is 5.87. The van der Waals surface area contributed by atoms with Crippen molar-refractivity contribution in [2.45, 2.75) is 32.1 Å². The topological polar surface area (TPSA) is 83.0 Å². The minimum atomic E-state index is -0.620. The molecule has 1 heterocycles. The Morgan fingerprint density at radius 2 is 2.28 bits per heavy atom. The predicted octanol–water partition coefficient (Wildman–Crippen LogP) is 1.47. The van der Waals surface area contributed by atoms with E-state index in [1.54, 1.807) is 19.1 Å². The number of nitrogens with one attached hydrogen (secondary N) is 1. The molecule has 94 valence electrons. The van der Waals surface area contributed by atoms with E-state index in [-0.39, 0.29) is 23.1 Å². The number of hydrogen-bond donors (Lipinski definition) is 1. The summed E-state index contributed by atoms with van der Waals surface area (Å²) in [5.41, 5.74) is -0.0117. The molecule has 0 atom stereocenters. The lowest BCUT2D eigenvalue weighted by Gasteiger charge is -2.11. The van der Waals surface area contributed by atoms with Gasteiger partial charge in [-0.05, 0) is 25.8 Å². The number of nitriles is 1. The third-order valence-electron chi connectivity index (χ3n) is 3.29. The lowest BCUT2D eigenvalue weighted by Crippen LogP contribution is -2.22. The molecule has 0 bridgehead atoms. The first-order valence-corrected chi connectivity index (χ1v) is 5.87. The minimum Gasteiger partial charge on any atom is -0.462 e. The van der Waals surface area contributed by atoms with Crippen LogP contribution in [0.15, 0.2) is 10.9 Å². The standard InChI is InChI=1S/C13H14N2O3/c1-3-18-12(17)8-6-10(13(2)4-5-13)15-11(16)9(8)7-14/h6H,3-5H2,1-2H3,(H,15,16). The Kier molecular flexibility index (Phi) is 2.95. The van der Waals surface area contributed by atoms with E-state index in [0.29, 0.717) is 5.69 Å². The van der Waals surface area contributed by atoms with Gasteiger partial charge in [-0.1, -0.05) is 6.92 Å². The molecule has 1 N–H and O–H groups in total. The summed E-state index contributed by atoms with van der Waals surface area (Å²) < 4.78 is 4.87. The van der Waals surface area contributed by atoms with E-state index in [0.717, 1.165) is 12.8 Å². The summed E-state index contributed by atoms with van der Waals surface area (Å²) in [7, 11) is 0. The van der Waals surface area contributed by atoms with Crippen molar-refractivity contribution in [3.05, 3.63) is 33.2 Å². The Morgan fingerprint density at radius 1 is 1.61 bits per heavy atom. The van der Waals surface area contributed by atoms with Crippen molar-refractivity contribution in [2.75, 3.05) is 6.61 Å². The number of aromatic nitrogens is 1. The molecule has 2 rings (SSSR count). The lowest BCUT2D eigenvalue weighted by atomic mass is 10.0. The number of ether oxygens (including phenoxy) is 1. The summed E-state index contributed by atoms with van der Waals surface area (Å²) in [6.45, 7) is 3.91. The molecule has 0 unspecified atom stereocenters. The fourth-order valence-corrected chi connectivity index (χ4v) is 1.82. The highest BCUT2D eigenvalue weighted by atomic mass is 16.5. The molecule has 0 radical (unpaired) electrons. The van der Waals surface area contributed by atoms with Crippen LogP contribution in [0, 0.1) is 11.3 Å². The number of nitrogens with zero attached hydrogens (tertiary/aromatic N) is 1. The van der Waals surface area contributed by atoms with Gasteiger partial charge in [0, 0.05) is 11.1 Å². The molecule has 1 aliphatic carbocycles. The number of hydrogen-bond acceptors (Lipinski definition) is 4. The summed E-state index contributed by atoms with van der Waals surface area (Å²) in [5.74, 6) is -0.620. The van der Waals surface area contributed by atoms with Crippen molar-refractivity contribution in [3.8, 4) is 6.07 Å². The summed E-state index contributed by atoms with van der Waals surface area (Å²) in [6, 6.07) is 3.33. The Bertz CT molecular complexity index is 591. The van der Waals surface area contributed by atoms with Crippen molar-refractivity contribution in [3.63, 3.8) is 0 Å². The van der Waals surface area contributed by atoms with Crippen LogP contribution in [0.5, 0.6) is 0 Å². The van der Waals surface area contributed by atoms with Crippen LogP contribution in [0.25, 0.3) is 0 Å². The Labute approximate surface area is 104 Å². The van der Waals surface area contributed by atoms with E-state index in [4.69, 9.17) is 10.00 Å². The first-order chi connectivity index (χ1) is 8.51. The van der Waals surface area contributed by atoms with Crippen LogP contribution in [0.3, 0.4) is 0 Å². The molecule has 0 spiro atoms. The average Bonchev–Trinajstić information content (AvgIpc) is 3.08. The average molecular weight is 246 g/mol. The van der Waals surface area contributed by atoms with Gasteiger partial charge in [0.25, 0.3) is 5.56 Å². The fourth-order valence-electron chi connectivity index (χ4n) is 1.82. The highest BCUT2D eigenvalue weighted by Gasteiger charge is 2.41. The Hall–Kier alpha value is -2.09. The number of rotatable bonds is 3. The van der Waals surface area contributed by atoms with E-state index in [1.807, 2.05) is 6.92 Å². The van der Waals surface area contributed by atoms with Gasteiger partial charge in [0.1, 0.15) is 11.6 Å². The molecule has 18 heavy (non-hydrogen) atoms. The normalized spacial score (nSPS) is 15.8. The first kappa shape index (κ1) is 12.4. The van der Waals surface area contributed by atoms with Crippen LogP contribution in [-0.2, 0) is 10.2 Å². The van der Waals surface area contributed by atoms with Crippen LogP contribution in [0.1, 0.15) is 48.3 Å². The van der Waals surface area contributed by atoms with Gasteiger partial charge in [-0.15, -0.1) is 0 Å². The molecular formula is C13H14N2O3. The molecule has 0 saturated heterocycles. The second kappa shape index (κ2) is 4.30. The van der Waals surface area contributed by atoms with E-state index < -0.39 is 11.5 Å².